The number of nitrogens with one attached hydrogen (secondary N) is 1. The quantitative estimate of drug-likeness (QED) is 0.816. The van der Waals surface area contributed by atoms with Gasteiger partial charge in [0, 0.05) is 6.61 Å². The van der Waals surface area contributed by atoms with E-state index in [1.54, 1.807) is 13.8 Å². The highest BCUT2D eigenvalue weighted by Gasteiger charge is 2.35. The van der Waals surface area contributed by atoms with E-state index < -0.39 is 5.60 Å². The summed E-state index contributed by atoms with van der Waals surface area (Å²) in [5, 5.41) is 21.1. The van der Waals surface area contributed by atoms with Gasteiger partial charge in [0.15, 0.2) is 5.15 Å². The van der Waals surface area contributed by atoms with Gasteiger partial charge in [-0.15, -0.1) is 10.2 Å². The van der Waals surface area contributed by atoms with Gasteiger partial charge >= 0.3 is 0 Å². The maximum Gasteiger partial charge on any atom is 0.243 e. The van der Waals surface area contributed by atoms with Crippen molar-refractivity contribution in [2.75, 3.05) is 18.5 Å². The number of ether oxygens (including phenoxy) is 1. The lowest BCUT2D eigenvalue weighted by Crippen LogP contribution is -2.52. The van der Waals surface area contributed by atoms with E-state index in [-0.39, 0.29) is 11.2 Å². The van der Waals surface area contributed by atoms with Crippen molar-refractivity contribution < 1.29 is 9.84 Å². The van der Waals surface area contributed by atoms with E-state index >= 15 is 0 Å². The third-order valence-corrected chi connectivity index (χ3v) is 3.15. The fraction of sp³-hybridized carbons (Fsp3) is 0.700. The summed E-state index contributed by atoms with van der Waals surface area (Å²) in [5.74, 6) is 0.374. The lowest BCUT2D eigenvalue weighted by molar-refractivity contribution is -0.0814. The molecule has 0 bridgehead atoms. The molecular weight excluding hydrogens is 244 g/mol. The van der Waals surface area contributed by atoms with Gasteiger partial charge in [-0.05, 0) is 20.3 Å². The monoisotopic (exact) mass is 258 g/mol. The molecule has 2 atom stereocenters. The Hall–Kier alpha value is -0.980. The first-order chi connectivity index (χ1) is 7.99. The number of aromatic nitrogens is 3. The van der Waals surface area contributed by atoms with Crippen LogP contribution in [-0.4, -0.2) is 45.1 Å². The van der Waals surface area contributed by atoms with Crippen LogP contribution in [-0.2, 0) is 4.74 Å². The summed E-state index contributed by atoms with van der Waals surface area (Å²) in [5.41, 5.74) is -0.328. The van der Waals surface area contributed by atoms with Gasteiger partial charge < -0.3 is 15.2 Å². The molecule has 1 aliphatic heterocycles. The minimum atomic E-state index is -0.935. The predicted octanol–water partition coefficient (Wildman–Crippen LogP) is 0.785. The molecule has 17 heavy (non-hydrogen) atoms. The van der Waals surface area contributed by atoms with Crippen molar-refractivity contribution in [2.45, 2.75) is 31.9 Å². The second-order valence-electron chi connectivity index (χ2n) is 4.41. The minimum absolute atomic E-state index is 0.154. The first kappa shape index (κ1) is 12.5. The zero-order chi connectivity index (χ0) is 12.5. The molecule has 1 aromatic heterocycles. The molecule has 7 heteroatoms. The van der Waals surface area contributed by atoms with Crippen LogP contribution >= 0.6 is 11.6 Å². The first-order valence-corrected chi connectivity index (χ1v) is 5.80. The Morgan fingerprint density at radius 1 is 1.53 bits per heavy atom. The third kappa shape index (κ3) is 2.83. The van der Waals surface area contributed by atoms with Crippen molar-refractivity contribution >= 4 is 17.5 Å². The zero-order valence-electron chi connectivity index (χ0n) is 9.77. The molecule has 1 aromatic rings. The van der Waals surface area contributed by atoms with Crippen LogP contribution in [0.25, 0.3) is 0 Å². The maximum absolute atomic E-state index is 10.1. The molecule has 1 aliphatic rings. The Balaban J connectivity index is 2.11. The molecule has 6 nitrogen and oxygen atoms in total. The molecule has 0 unspecified atom stereocenters. The number of aryl methyl sites for hydroxylation is 1. The van der Waals surface area contributed by atoms with Gasteiger partial charge in [0.05, 0.1) is 18.3 Å². The second kappa shape index (κ2) is 4.72. The van der Waals surface area contributed by atoms with Crippen molar-refractivity contribution in [1.82, 2.24) is 15.2 Å². The maximum atomic E-state index is 10.1. The molecule has 0 amide bonds. The number of rotatable bonds is 2. The molecule has 1 saturated heterocycles. The number of nitrogens with zero attached hydrogens (tertiary/aromatic N) is 3. The number of hydrogen-bond acceptors (Lipinski definition) is 6. The highest BCUT2D eigenvalue weighted by Crippen LogP contribution is 2.22. The molecule has 0 spiro atoms. The topological polar surface area (TPSA) is 80.2 Å². The van der Waals surface area contributed by atoms with Crippen LogP contribution in [0.15, 0.2) is 0 Å². The Morgan fingerprint density at radius 2 is 2.29 bits per heavy atom. The van der Waals surface area contributed by atoms with Crippen molar-refractivity contribution in [1.29, 1.82) is 0 Å². The summed E-state index contributed by atoms with van der Waals surface area (Å²) in [7, 11) is 0. The van der Waals surface area contributed by atoms with Crippen LogP contribution in [0.4, 0.5) is 5.95 Å². The highest BCUT2D eigenvalue weighted by molar-refractivity contribution is 6.29. The molecule has 94 valence electrons. The van der Waals surface area contributed by atoms with Gasteiger partial charge in [-0.1, -0.05) is 11.6 Å². The second-order valence-corrected chi connectivity index (χ2v) is 4.77. The van der Waals surface area contributed by atoms with E-state index in [9.17, 15) is 5.11 Å². The largest absolute Gasteiger partial charge is 0.386 e. The van der Waals surface area contributed by atoms with Crippen molar-refractivity contribution in [3.63, 3.8) is 0 Å². The van der Waals surface area contributed by atoms with Crippen molar-refractivity contribution in [3.8, 4) is 0 Å². The van der Waals surface area contributed by atoms with Crippen LogP contribution < -0.4 is 5.32 Å². The van der Waals surface area contributed by atoms with Gasteiger partial charge in [-0.3, -0.25) is 0 Å². The van der Waals surface area contributed by atoms with Gasteiger partial charge in [-0.2, -0.15) is 0 Å². The number of anilines is 1. The van der Waals surface area contributed by atoms with Gasteiger partial charge in [-0.25, -0.2) is 4.98 Å². The van der Waals surface area contributed by atoms with E-state index in [0.29, 0.717) is 31.3 Å². The van der Waals surface area contributed by atoms with Gasteiger partial charge in [0.1, 0.15) is 5.60 Å². The first-order valence-electron chi connectivity index (χ1n) is 5.42. The van der Waals surface area contributed by atoms with Crippen LogP contribution in [0.5, 0.6) is 0 Å². The van der Waals surface area contributed by atoms with E-state index in [1.807, 2.05) is 0 Å². The average Bonchev–Trinajstić information content (AvgIpc) is 2.26. The molecule has 2 N–H and O–H groups in total. The normalized spacial score (nSPS) is 29.1. The molecule has 0 radical (unpaired) electrons. The van der Waals surface area contributed by atoms with Crippen LogP contribution in [0.2, 0.25) is 5.15 Å². The van der Waals surface area contributed by atoms with E-state index in [4.69, 9.17) is 16.3 Å². The lowest BCUT2D eigenvalue weighted by Gasteiger charge is -2.37. The van der Waals surface area contributed by atoms with Gasteiger partial charge in [0.25, 0.3) is 0 Å². The molecule has 0 aliphatic carbocycles. The van der Waals surface area contributed by atoms with E-state index in [0.717, 1.165) is 0 Å². The summed E-state index contributed by atoms with van der Waals surface area (Å²) in [6.07, 6.45) is 0.692. The number of aliphatic hydroxyl groups is 1. The average molecular weight is 259 g/mol. The summed E-state index contributed by atoms with van der Waals surface area (Å²) < 4.78 is 5.23. The highest BCUT2D eigenvalue weighted by atomic mass is 35.5. The Morgan fingerprint density at radius 3 is 2.94 bits per heavy atom. The van der Waals surface area contributed by atoms with Crippen molar-refractivity contribution in [2.24, 2.45) is 0 Å². The fourth-order valence-electron chi connectivity index (χ4n) is 1.73. The molecule has 0 aromatic carbocycles. The lowest BCUT2D eigenvalue weighted by atomic mass is 9.93. The summed E-state index contributed by atoms with van der Waals surface area (Å²) in [4.78, 5) is 4.16. The molecule has 0 saturated carbocycles. The standard InChI is InChI=1S/C10H15ClN4O2/c1-6-8(11)14-15-9(12-6)13-7-3-4-17-5-10(7,2)16/h7,16H,3-5H2,1-2H3,(H,12,13,15)/t7-,10-/m1/s1. The van der Waals surface area contributed by atoms with Crippen molar-refractivity contribution in [3.05, 3.63) is 10.8 Å². The summed E-state index contributed by atoms with van der Waals surface area (Å²) >= 11 is 5.75. The summed E-state index contributed by atoms with van der Waals surface area (Å²) in [6.45, 7) is 4.38. The third-order valence-electron chi connectivity index (χ3n) is 2.80. The molecule has 2 rings (SSSR count). The molecular formula is C10H15ClN4O2. The Kier molecular flexibility index (Phi) is 3.46. The van der Waals surface area contributed by atoms with Gasteiger partial charge in [0.2, 0.25) is 5.95 Å². The van der Waals surface area contributed by atoms with Crippen LogP contribution in [0, 0.1) is 6.92 Å². The van der Waals surface area contributed by atoms with Crippen LogP contribution in [0.1, 0.15) is 19.0 Å². The summed E-state index contributed by atoms with van der Waals surface area (Å²) in [6, 6.07) is -0.154. The molecule has 2 heterocycles. The Bertz CT molecular complexity index is 413. The van der Waals surface area contributed by atoms with Crippen LogP contribution in [0.3, 0.4) is 0 Å². The fourth-order valence-corrected chi connectivity index (χ4v) is 1.81. The molecule has 1 fully saturated rings. The Labute approximate surface area is 104 Å². The predicted molar refractivity (Wildman–Crippen MR) is 63.0 cm³/mol. The zero-order valence-corrected chi connectivity index (χ0v) is 10.5. The van der Waals surface area contributed by atoms with E-state index in [1.165, 1.54) is 0 Å². The number of hydrogen-bond donors (Lipinski definition) is 2. The minimum Gasteiger partial charge on any atom is -0.386 e. The SMILES string of the molecule is Cc1nc(N[C@@H]2CCOC[C@@]2(C)O)nnc1Cl. The number of halogens is 1. The smallest absolute Gasteiger partial charge is 0.243 e. The van der Waals surface area contributed by atoms with E-state index in [2.05, 4.69) is 20.5 Å².